The lowest BCUT2D eigenvalue weighted by Crippen LogP contribution is -2.30. The zero-order valence-corrected chi connectivity index (χ0v) is 14.4. The summed E-state index contributed by atoms with van der Waals surface area (Å²) in [5.74, 6) is 0. The van der Waals surface area contributed by atoms with E-state index in [4.69, 9.17) is 0 Å². The van der Waals surface area contributed by atoms with Crippen LogP contribution >= 0.6 is 0 Å². The summed E-state index contributed by atoms with van der Waals surface area (Å²) in [6.07, 6.45) is 1.55. The highest BCUT2D eigenvalue weighted by Crippen LogP contribution is 2.27. The maximum atomic E-state index is 13.2. The van der Waals surface area contributed by atoms with Crippen LogP contribution in [0.5, 0.6) is 0 Å². The monoisotopic (exact) mass is 341 g/mol. The van der Waals surface area contributed by atoms with E-state index in [1.807, 2.05) is 48.5 Å². The smallest absolute Gasteiger partial charge is 0.268 e. The Hall–Kier alpha value is -2.60. The average Bonchev–Trinajstić information content (AvgIpc) is 2.93. The van der Waals surface area contributed by atoms with E-state index in [9.17, 15) is 8.42 Å². The Morgan fingerprint density at radius 3 is 2.12 bits per heavy atom. The lowest BCUT2D eigenvalue weighted by Gasteiger charge is -2.24. The molecule has 0 N–H and O–H groups in total. The van der Waals surface area contributed by atoms with Crippen molar-refractivity contribution in [1.29, 1.82) is 0 Å². The number of anilines is 1. The Bertz CT molecular complexity index is 919. The van der Waals surface area contributed by atoms with Crippen molar-refractivity contribution in [2.45, 2.75) is 18.4 Å². The molecule has 0 bridgehead atoms. The third kappa shape index (κ3) is 3.19. The first-order valence-corrected chi connectivity index (χ1v) is 9.04. The van der Waals surface area contributed by atoms with Gasteiger partial charge in [0.1, 0.15) is 4.90 Å². The first kappa shape index (κ1) is 16.3. The van der Waals surface area contributed by atoms with E-state index in [2.05, 4.69) is 5.10 Å². The molecule has 0 amide bonds. The summed E-state index contributed by atoms with van der Waals surface area (Å²) in [6, 6.07) is 18.7. The summed E-state index contributed by atoms with van der Waals surface area (Å²) in [6.45, 7) is 1.97. The summed E-state index contributed by atoms with van der Waals surface area (Å²) in [5, 5.41) is 4.17. The number of rotatable bonds is 5. The second-order valence-electron chi connectivity index (χ2n) is 5.59. The zero-order valence-electron chi connectivity index (χ0n) is 13.6. The second kappa shape index (κ2) is 6.49. The molecule has 124 valence electrons. The van der Waals surface area contributed by atoms with Gasteiger partial charge in [0.2, 0.25) is 0 Å². The highest BCUT2D eigenvalue weighted by atomic mass is 32.2. The minimum atomic E-state index is -3.71. The SMILES string of the molecule is Cc1nn(C)cc1S(=O)(=O)N(Cc1ccccc1)c1ccccc1. The number of aromatic nitrogens is 2. The van der Waals surface area contributed by atoms with E-state index in [0.717, 1.165) is 5.56 Å². The molecule has 2 aromatic carbocycles. The van der Waals surface area contributed by atoms with Crippen LogP contribution in [0.4, 0.5) is 5.69 Å². The van der Waals surface area contributed by atoms with E-state index in [0.29, 0.717) is 11.4 Å². The first-order chi connectivity index (χ1) is 11.5. The minimum Gasteiger partial charge on any atom is -0.274 e. The molecule has 3 rings (SSSR count). The zero-order chi connectivity index (χ0) is 17.2. The van der Waals surface area contributed by atoms with Crippen molar-refractivity contribution in [1.82, 2.24) is 9.78 Å². The maximum Gasteiger partial charge on any atom is 0.268 e. The molecule has 0 saturated heterocycles. The molecule has 3 aromatic rings. The van der Waals surface area contributed by atoms with Crippen LogP contribution in [0.25, 0.3) is 0 Å². The van der Waals surface area contributed by atoms with Gasteiger partial charge in [-0.25, -0.2) is 8.42 Å². The van der Waals surface area contributed by atoms with Crippen LogP contribution in [-0.2, 0) is 23.6 Å². The van der Waals surface area contributed by atoms with Gasteiger partial charge in [-0.2, -0.15) is 5.10 Å². The molecule has 24 heavy (non-hydrogen) atoms. The van der Waals surface area contributed by atoms with Gasteiger partial charge < -0.3 is 0 Å². The largest absolute Gasteiger partial charge is 0.274 e. The number of hydrogen-bond acceptors (Lipinski definition) is 3. The second-order valence-corrected chi connectivity index (χ2v) is 7.42. The molecule has 0 atom stereocenters. The highest BCUT2D eigenvalue weighted by Gasteiger charge is 2.28. The van der Waals surface area contributed by atoms with Crippen LogP contribution in [-0.4, -0.2) is 18.2 Å². The summed E-state index contributed by atoms with van der Waals surface area (Å²) in [7, 11) is -1.99. The van der Waals surface area contributed by atoms with Gasteiger partial charge in [0, 0.05) is 13.2 Å². The van der Waals surface area contributed by atoms with Crippen molar-refractivity contribution in [2.24, 2.45) is 7.05 Å². The Morgan fingerprint density at radius 2 is 1.58 bits per heavy atom. The summed E-state index contributed by atoms with van der Waals surface area (Å²) in [5.41, 5.74) is 2.04. The fraction of sp³-hybridized carbons (Fsp3) is 0.167. The molecule has 0 spiro atoms. The Labute approximate surface area is 142 Å². The van der Waals surface area contributed by atoms with Crippen molar-refractivity contribution in [2.75, 3.05) is 4.31 Å². The Kier molecular flexibility index (Phi) is 4.40. The summed E-state index contributed by atoms with van der Waals surface area (Å²) >= 11 is 0. The molecule has 1 aromatic heterocycles. The molecule has 0 aliphatic heterocycles. The van der Waals surface area contributed by atoms with Crippen LogP contribution in [0, 0.1) is 6.92 Å². The Balaban J connectivity index is 2.09. The van der Waals surface area contributed by atoms with Crippen LogP contribution in [0.2, 0.25) is 0 Å². The third-order valence-electron chi connectivity index (χ3n) is 3.75. The van der Waals surface area contributed by atoms with Gasteiger partial charge >= 0.3 is 0 Å². The van der Waals surface area contributed by atoms with Crippen LogP contribution < -0.4 is 4.31 Å². The number of para-hydroxylation sites is 1. The van der Waals surface area contributed by atoms with E-state index in [1.54, 1.807) is 32.3 Å². The van der Waals surface area contributed by atoms with Crippen molar-refractivity contribution in [3.8, 4) is 0 Å². The number of benzene rings is 2. The highest BCUT2D eigenvalue weighted by molar-refractivity contribution is 7.92. The molecule has 5 nitrogen and oxygen atoms in total. The van der Waals surface area contributed by atoms with Crippen LogP contribution in [0.1, 0.15) is 11.3 Å². The fourth-order valence-corrected chi connectivity index (χ4v) is 4.26. The number of hydrogen-bond donors (Lipinski definition) is 0. The van der Waals surface area contributed by atoms with E-state index in [1.165, 1.54) is 8.99 Å². The molecule has 1 heterocycles. The predicted molar refractivity (Wildman–Crippen MR) is 94.2 cm³/mol. The molecule has 6 heteroatoms. The normalized spacial score (nSPS) is 11.4. The number of aryl methyl sites for hydroxylation is 2. The van der Waals surface area contributed by atoms with Crippen molar-refractivity contribution < 1.29 is 8.42 Å². The summed E-state index contributed by atoms with van der Waals surface area (Å²) in [4.78, 5) is 0.227. The molecule has 0 aliphatic rings. The molecule has 0 radical (unpaired) electrons. The predicted octanol–water partition coefficient (Wildman–Crippen LogP) is 3.12. The molecular formula is C18H19N3O2S. The Morgan fingerprint density at radius 1 is 1.00 bits per heavy atom. The lowest BCUT2D eigenvalue weighted by atomic mass is 10.2. The van der Waals surface area contributed by atoms with E-state index in [-0.39, 0.29) is 11.4 Å². The molecule has 0 fully saturated rings. The maximum absolute atomic E-state index is 13.2. The standard InChI is InChI=1S/C18H19N3O2S/c1-15-18(14-20(2)19-15)24(22,23)21(17-11-7-4-8-12-17)13-16-9-5-3-6-10-16/h3-12,14H,13H2,1-2H3. The molecular weight excluding hydrogens is 322 g/mol. The quantitative estimate of drug-likeness (QED) is 0.716. The number of sulfonamides is 1. The topological polar surface area (TPSA) is 55.2 Å². The van der Waals surface area contributed by atoms with Gasteiger partial charge in [0.25, 0.3) is 10.0 Å². The van der Waals surface area contributed by atoms with Crippen molar-refractivity contribution in [3.05, 3.63) is 78.1 Å². The van der Waals surface area contributed by atoms with Crippen LogP contribution in [0.15, 0.2) is 71.8 Å². The van der Waals surface area contributed by atoms with Crippen LogP contribution in [0.3, 0.4) is 0 Å². The van der Waals surface area contributed by atoms with Gasteiger partial charge in [0.15, 0.2) is 0 Å². The number of nitrogens with zero attached hydrogens (tertiary/aromatic N) is 3. The molecule has 0 aliphatic carbocycles. The van der Waals surface area contributed by atoms with E-state index < -0.39 is 10.0 Å². The summed E-state index contributed by atoms with van der Waals surface area (Å²) < 4.78 is 29.4. The first-order valence-electron chi connectivity index (χ1n) is 7.60. The van der Waals surface area contributed by atoms with Gasteiger partial charge in [-0.15, -0.1) is 0 Å². The van der Waals surface area contributed by atoms with Gasteiger partial charge in [-0.3, -0.25) is 8.99 Å². The van der Waals surface area contributed by atoms with E-state index >= 15 is 0 Å². The molecule has 0 unspecified atom stereocenters. The average molecular weight is 341 g/mol. The fourth-order valence-electron chi connectivity index (χ4n) is 2.61. The van der Waals surface area contributed by atoms with Crippen molar-refractivity contribution in [3.63, 3.8) is 0 Å². The lowest BCUT2D eigenvalue weighted by molar-refractivity contribution is 0.589. The minimum absolute atomic E-state index is 0.227. The van der Waals surface area contributed by atoms with Gasteiger partial charge in [0.05, 0.1) is 17.9 Å². The van der Waals surface area contributed by atoms with Crippen molar-refractivity contribution >= 4 is 15.7 Å². The van der Waals surface area contributed by atoms with Gasteiger partial charge in [-0.1, -0.05) is 48.5 Å². The van der Waals surface area contributed by atoms with Gasteiger partial charge in [-0.05, 0) is 24.6 Å². The molecule has 0 saturated carbocycles. The third-order valence-corrected chi connectivity index (χ3v) is 5.63.